The second-order valence-corrected chi connectivity index (χ2v) is 6.95. The van der Waals surface area contributed by atoms with Crippen molar-refractivity contribution >= 4 is 0 Å². The molecule has 0 bridgehead atoms. The number of hydrogen-bond acceptors (Lipinski definition) is 5. The molecule has 1 unspecified atom stereocenters. The van der Waals surface area contributed by atoms with E-state index in [1.807, 2.05) is 31.1 Å². The van der Waals surface area contributed by atoms with Gasteiger partial charge < -0.3 is 9.30 Å². The van der Waals surface area contributed by atoms with Gasteiger partial charge in [-0.2, -0.15) is 4.98 Å². The Morgan fingerprint density at radius 3 is 2.89 bits per heavy atom. The second-order valence-electron chi connectivity index (χ2n) is 6.95. The van der Waals surface area contributed by atoms with Crippen LogP contribution in [0.25, 0.3) is 0 Å². The first-order valence-corrected chi connectivity index (χ1v) is 9.04. The van der Waals surface area contributed by atoms with E-state index in [-0.39, 0.29) is 11.7 Å². The summed E-state index contributed by atoms with van der Waals surface area (Å²) in [6.07, 6.45) is 4.70. The van der Waals surface area contributed by atoms with Gasteiger partial charge >= 0.3 is 0 Å². The lowest BCUT2D eigenvalue weighted by molar-refractivity contribution is 0.317. The van der Waals surface area contributed by atoms with E-state index in [9.17, 15) is 4.39 Å². The van der Waals surface area contributed by atoms with Gasteiger partial charge in [0.15, 0.2) is 11.6 Å². The first-order chi connectivity index (χ1) is 13.1. The predicted octanol–water partition coefficient (Wildman–Crippen LogP) is 3.44. The molecule has 3 heterocycles. The van der Waals surface area contributed by atoms with Crippen molar-refractivity contribution < 1.29 is 9.13 Å². The minimum Gasteiger partial charge on any atom is -0.436 e. The highest BCUT2D eigenvalue weighted by atomic mass is 19.1. The maximum absolute atomic E-state index is 13.9. The number of benzene rings is 1. The van der Waals surface area contributed by atoms with Crippen LogP contribution in [-0.4, -0.2) is 37.5 Å². The van der Waals surface area contributed by atoms with E-state index < -0.39 is 5.82 Å². The Hall–Kier alpha value is -2.80. The average molecular weight is 367 g/mol. The molecule has 1 aromatic carbocycles. The van der Waals surface area contributed by atoms with Crippen LogP contribution in [0, 0.1) is 12.7 Å². The third-order valence-corrected chi connectivity index (χ3v) is 4.84. The summed E-state index contributed by atoms with van der Waals surface area (Å²) in [7, 11) is 2.01. The summed E-state index contributed by atoms with van der Waals surface area (Å²) in [5.74, 6) is 1.15. The molecule has 3 aromatic rings. The number of para-hydroxylation sites is 1. The number of aryl methyl sites for hydroxylation is 2. The predicted molar refractivity (Wildman–Crippen MR) is 99.1 cm³/mol. The maximum atomic E-state index is 13.9. The van der Waals surface area contributed by atoms with Gasteiger partial charge in [-0.05, 0) is 32.0 Å². The standard InChI is InChI=1S/C20H22FN5O/c1-14-9-19(27-18-6-4-3-5-17(18)21)24-20(23-14)15-7-8-26(11-15)12-16-10-22-13-25(16)2/h3-6,9-10,13,15H,7-8,11-12H2,1-2H3. The van der Waals surface area contributed by atoms with Crippen LogP contribution in [0.2, 0.25) is 0 Å². The third kappa shape index (κ3) is 3.98. The van der Waals surface area contributed by atoms with Gasteiger partial charge in [-0.25, -0.2) is 14.4 Å². The molecule has 0 spiro atoms. The molecule has 6 nitrogen and oxygen atoms in total. The third-order valence-electron chi connectivity index (χ3n) is 4.84. The molecule has 0 radical (unpaired) electrons. The number of imidazole rings is 1. The zero-order chi connectivity index (χ0) is 18.8. The van der Waals surface area contributed by atoms with Crippen LogP contribution in [0.15, 0.2) is 42.9 Å². The number of rotatable bonds is 5. The summed E-state index contributed by atoms with van der Waals surface area (Å²) in [6.45, 7) is 4.63. The SMILES string of the molecule is Cc1cc(Oc2ccccc2F)nc(C2CCN(Cc3cncn3C)C2)n1. The van der Waals surface area contributed by atoms with Crippen molar-refractivity contribution in [3.8, 4) is 11.6 Å². The lowest BCUT2D eigenvalue weighted by Crippen LogP contribution is -2.21. The van der Waals surface area contributed by atoms with Crippen molar-refractivity contribution in [2.75, 3.05) is 13.1 Å². The molecule has 0 aliphatic carbocycles. The normalized spacial score (nSPS) is 17.4. The number of ether oxygens (including phenoxy) is 1. The lowest BCUT2D eigenvalue weighted by atomic mass is 10.1. The van der Waals surface area contributed by atoms with Gasteiger partial charge in [0, 0.05) is 44.0 Å². The number of nitrogens with zero attached hydrogens (tertiary/aromatic N) is 5. The van der Waals surface area contributed by atoms with Crippen LogP contribution in [0.1, 0.15) is 29.6 Å². The van der Waals surface area contributed by atoms with Crippen molar-refractivity contribution in [1.82, 2.24) is 24.4 Å². The van der Waals surface area contributed by atoms with E-state index in [4.69, 9.17) is 4.74 Å². The average Bonchev–Trinajstić information content (AvgIpc) is 3.27. The smallest absolute Gasteiger partial charge is 0.222 e. The molecule has 1 saturated heterocycles. The summed E-state index contributed by atoms with van der Waals surface area (Å²) >= 11 is 0. The molecule has 140 valence electrons. The number of hydrogen-bond donors (Lipinski definition) is 0. The van der Waals surface area contributed by atoms with Crippen LogP contribution in [0.5, 0.6) is 11.6 Å². The van der Waals surface area contributed by atoms with Crippen molar-refractivity contribution in [3.63, 3.8) is 0 Å². The molecule has 0 N–H and O–H groups in total. The van der Waals surface area contributed by atoms with Gasteiger partial charge in [-0.3, -0.25) is 4.90 Å². The van der Waals surface area contributed by atoms with E-state index in [0.717, 1.165) is 37.6 Å². The van der Waals surface area contributed by atoms with E-state index in [0.29, 0.717) is 5.88 Å². The first-order valence-electron chi connectivity index (χ1n) is 9.04. The summed E-state index contributed by atoms with van der Waals surface area (Å²) in [5, 5.41) is 0. The van der Waals surface area contributed by atoms with Crippen LogP contribution >= 0.6 is 0 Å². The largest absolute Gasteiger partial charge is 0.436 e. The van der Waals surface area contributed by atoms with Crippen LogP contribution in [-0.2, 0) is 13.6 Å². The van der Waals surface area contributed by atoms with Gasteiger partial charge in [0.1, 0.15) is 5.82 Å². The second kappa shape index (κ2) is 7.44. The fourth-order valence-corrected chi connectivity index (χ4v) is 3.39. The van der Waals surface area contributed by atoms with E-state index in [1.54, 1.807) is 24.3 Å². The Morgan fingerprint density at radius 1 is 1.26 bits per heavy atom. The van der Waals surface area contributed by atoms with Crippen LogP contribution in [0.3, 0.4) is 0 Å². The molecule has 1 fully saturated rings. The number of likely N-dealkylation sites (tertiary alicyclic amines) is 1. The van der Waals surface area contributed by atoms with Crippen molar-refractivity contribution in [1.29, 1.82) is 0 Å². The van der Waals surface area contributed by atoms with Gasteiger partial charge in [0.25, 0.3) is 0 Å². The van der Waals surface area contributed by atoms with E-state index in [2.05, 4.69) is 19.9 Å². The highest BCUT2D eigenvalue weighted by Gasteiger charge is 2.27. The summed E-state index contributed by atoms with van der Waals surface area (Å²) in [4.78, 5) is 15.7. The Bertz CT molecular complexity index is 942. The zero-order valence-corrected chi connectivity index (χ0v) is 15.5. The van der Waals surface area contributed by atoms with Gasteiger partial charge in [-0.15, -0.1) is 0 Å². The monoisotopic (exact) mass is 367 g/mol. The highest BCUT2D eigenvalue weighted by Crippen LogP contribution is 2.29. The molecule has 2 aromatic heterocycles. The van der Waals surface area contributed by atoms with E-state index in [1.165, 1.54) is 11.8 Å². The van der Waals surface area contributed by atoms with Gasteiger partial charge in [0.2, 0.25) is 5.88 Å². The Labute approximate surface area is 157 Å². The Kier molecular flexibility index (Phi) is 4.85. The molecule has 1 aliphatic heterocycles. The topological polar surface area (TPSA) is 56.1 Å². The first kappa shape index (κ1) is 17.6. The molecular formula is C20H22FN5O. The molecule has 27 heavy (non-hydrogen) atoms. The van der Waals surface area contributed by atoms with Crippen LogP contribution < -0.4 is 4.74 Å². The fraction of sp³-hybridized carbons (Fsp3) is 0.350. The summed E-state index contributed by atoms with van der Waals surface area (Å²) in [6, 6.07) is 8.07. The van der Waals surface area contributed by atoms with Crippen LogP contribution in [0.4, 0.5) is 4.39 Å². The lowest BCUT2D eigenvalue weighted by Gasteiger charge is -2.16. The summed E-state index contributed by atoms with van der Waals surface area (Å²) in [5.41, 5.74) is 2.00. The Balaban J connectivity index is 1.48. The minimum absolute atomic E-state index is 0.172. The quantitative estimate of drug-likeness (QED) is 0.691. The Morgan fingerprint density at radius 2 is 2.11 bits per heavy atom. The van der Waals surface area contributed by atoms with Gasteiger partial charge in [-0.1, -0.05) is 12.1 Å². The fourth-order valence-electron chi connectivity index (χ4n) is 3.39. The molecule has 1 aliphatic rings. The molecule has 7 heteroatoms. The minimum atomic E-state index is -0.404. The molecule has 4 rings (SSSR count). The van der Waals surface area contributed by atoms with Crippen molar-refractivity contribution in [2.24, 2.45) is 7.05 Å². The maximum Gasteiger partial charge on any atom is 0.222 e. The number of halogens is 1. The molecule has 0 saturated carbocycles. The molecule has 1 atom stereocenters. The molecular weight excluding hydrogens is 345 g/mol. The molecule has 0 amide bonds. The number of aromatic nitrogens is 4. The highest BCUT2D eigenvalue weighted by molar-refractivity contribution is 5.29. The van der Waals surface area contributed by atoms with E-state index >= 15 is 0 Å². The van der Waals surface area contributed by atoms with Crippen molar-refractivity contribution in [2.45, 2.75) is 25.8 Å². The zero-order valence-electron chi connectivity index (χ0n) is 15.5. The van der Waals surface area contributed by atoms with Gasteiger partial charge in [0.05, 0.1) is 12.0 Å². The summed E-state index contributed by atoms with van der Waals surface area (Å²) < 4.78 is 21.6. The van der Waals surface area contributed by atoms with Crippen molar-refractivity contribution in [3.05, 3.63) is 65.9 Å².